The number of aryl methyl sites for hydroxylation is 1. The van der Waals surface area contributed by atoms with E-state index in [0.29, 0.717) is 30.0 Å². The number of H-pyrrole nitrogens is 1. The van der Waals surface area contributed by atoms with E-state index < -0.39 is 0 Å². The first-order valence-corrected chi connectivity index (χ1v) is 9.23. The smallest absolute Gasteiger partial charge is 0.272 e. The number of rotatable bonds is 5. The van der Waals surface area contributed by atoms with Gasteiger partial charge in [0.15, 0.2) is 5.82 Å². The standard InChI is InChI=1S/C18H26N6O/c1-11(2)8-24-16(6-7-19-24)18(25)23-9-14(13-4-5-13)15(10-23)17-20-12(3)21-22-17/h6-7,11,13-15H,4-5,8-10H2,1-3H3,(H,20,21,22)/t14-,15+/m0/s1. The summed E-state index contributed by atoms with van der Waals surface area (Å²) in [5.74, 6) is 3.65. The molecule has 1 saturated heterocycles. The highest BCUT2D eigenvalue weighted by Crippen LogP contribution is 2.47. The number of nitrogens with one attached hydrogen (secondary N) is 1. The largest absolute Gasteiger partial charge is 0.336 e. The van der Waals surface area contributed by atoms with Crippen molar-refractivity contribution in [2.24, 2.45) is 17.8 Å². The lowest BCUT2D eigenvalue weighted by Crippen LogP contribution is -2.31. The van der Waals surface area contributed by atoms with Gasteiger partial charge in [-0.1, -0.05) is 13.8 Å². The quantitative estimate of drug-likeness (QED) is 0.903. The summed E-state index contributed by atoms with van der Waals surface area (Å²) in [7, 11) is 0. The van der Waals surface area contributed by atoms with Crippen LogP contribution in [0.3, 0.4) is 0 Å². The van der Waals surface area contributed by atoms with Crippen LogP contribution in [0.15, 0.2) is 12.3 Å². The number of carbonyl (C=O) groups excluding carboxylic acids is 1. The monoisotopic (exact) mass is 342 g/mol. The molecule has 1 N–H and O–H groups in total. The SMILES string of the molecule is Cc1nc([C@@H]2CN(C(=O)c3ccnn3CC(C)C)C[C@H]2C2CC2)n[nH]1. The molecule has 0 aromatic carbocycles. The van der Waals surface area contributed by atoms with Crippen molar-refractivity contribution in [1.82, 2.24) is 29.9 Å². The molecule has 7 heteroatoms. The van der Waals surface area contributed by atoms with Gasteiger partial charge in [-0.2, -0.15) is 10.2 Å². The predicted octanol–water partition coefficient (Wildman–Crippen LogP) is 2.23. The van der Waals surface area contributed by atoms with Crippen LogP contribution in [0, 0.1) is 24.7 Å². The van der Waals surface area contributed by atoms with Gasteiger partial charge in [0.1, 0.15) is 11.5 Å². The van der Waals surface area contributed by atoms with E-state index in [0.717, 1.165) is 24.7 Å². The van der Waals surface area contributed by atoms with Crippen LogP contribution in [0.4, 0.5) is 0 Å². The van der Waals surface area contributed by atoms with E-state index in [-0.39, 0.29) is 11.8 Å². The van der Waals surface area contributed by atoms with E-state index in [2.05, 4.69) is 34.1 Å². The van der Waals surface area contributed by atoms with E-state index >= 15 is 0 Å². The van der Waals surface area contributed by atoms with Gasteiger partial charge in [0.25, 0.3) is 5.91 Å². The van der Waals surface area contributed by atoms with E-state index in [4.69, 9.17) is 0 Å². The van der Waals surface area contributed by atoms with Gasteiger partial charge in [0, 0.05) is 31.7 Å². The molecule has 4 rings (SSSR count). The molecule has 134 valence electrons. The molecule has 0 unspecified atom stereocenters. The Kier molecular flexibility index (Phi) is 4.09. The zero-order valence-electron chi connectivity index (χ0n) is 15.1. The lowest BCUT2D eigenvalue weighted by Gasteiger charge is -2.17. The Morgan fingerprint density at radius 1 is 1.36 bits per heavy atom. The molecular weight excluding hydrogens is 316 g/mol. The van der Waals surface area contributed by atoms with Gasteiger partial charge in [-0.3, -0.25) is 14.6 Å². The van der Waals surface area contributed by atoms with Gasteiger partial charge < -0.3 is 4.90 Å². The van der Waals surface area contributed by atoms with E-state index in [9.17, 15) is 4.79 Å². The van der Waals surface area contributed by atoms with Crippen molar-refractivity contribution >= 4 is 5.91 Å². The molecule has 1 aliphatic carbocycles. The number of hydrogen-bond donors (Lipinski definition) is 1. The molecule has 0 spiro atoms. The van der Waals surface area contributed by atoms with Crippen LogP contribution in [0.25, 0.3) is 0 Å². The van der Waals surface area contributed by atoms with Crippen LogP contribution in [0.2, 0.25) is 0 Å². The van der Waals surface area contributed by atoms with Gasteiger partial charge in [-0.25, -0.2) is 4.98 Å². The second-order valence-electron chi connectivity index (χ2n) is 7.89. The van der Waals surface area contributed by atoms with E-state index in [1.807, 2.05) is 22.6 Å². The number of carbonyl (C=O) groups is 1. The third-order valence-electron chi connectivity index (χ3n) is 5.30. The van der Waals surface area contributed by atoms with Crippen LogP contribution in [-0.2, 0) is 6.54 Å². The number of hydrogen-bond acceptors (Lipinski definition) is 4. The maximum Gasteiger partial charge on any atom is 0.272 e. The maximum atomic E-state index is 13.1. The normalized spacial score (nSPS) is 23.6. The average Bonchev–Trinajstić information content (AvgIpc) is 2.97. The number of nitrogens with zero attached hydrogens (tertiary/aromatic N) is 5. The third kappa shape index (κ3) is 3.19. The van der Waals surface area contributed by atoms with Crippen molar-refractivity contribution in [2.45, 2.75) is 46.1 Å². The molecule has 1 amide bonds. The first-order chi connectivity index (χ1) is 12.0. The van der Waals surface area contributed by atoms with Crippen molar-refractivity contribution < 1.29 is 4.79 Å². The van der Waals surface area contributed by atoms with Crippen LogP contribution < -0.4 is 0 Å². The van der Waals surface area contributed by atoms with Gasteiger partial charge in [-0.15, -0.1) is 0 Å². The minimum atomic E-state index is 0.0820. The topological polar surface area (TPSA) is 79.7 Å². The van der Waals surface area contributed by atoms with Crippen molar-refractivity contribution in [3.05, 3.63) is 29.6 Å². The lowest BCUT2D eigenvalue weighted by molar-refractivity contribution is 0.0771. The number of aromatic nitrogens is 5. The minimum Gasteiger partial charge on any atom is -0.336 e. The molecule has 1 aliphatic heterocycles. The molecule has 2 aromatic rings. The Bertz CT molecular complexity index is 759. The predicted molar refractivity (Wildman–Crippen MR) is 93.0 cm³/mol. The number of aromatic amines is 1. The number of likely N-dealkylation sites (tertiary alicyclic amines) is 1. The average molecular weight is 342 g/mol. The van der Waals surface area contributed by atoms with E-state index in [1.165, 1.54) is 12.8 Å². The lowest BCUT2D eigenvalue weighted by atomic mass is 9.91. The fraction of sp³-hybridized carbons (Fsp3) is 0.667. The van der Waals surface area contributed by atoms with Crippen LogP contribution >= 0.6 is 0 Å². The van der Waals surface area contributed by atoms with Crippen LogP contribution in [-0.4, -0.2) is 48.9 Å². The van der Waals surface area contributed by atoms with Crippen molar-refractivity contribution in [3.8, 4) is 0 Å². The second kappa shape index (κ2) is 6.28. The number of amides is 1. The molecule has 2 atom stereocenters. The molecule has 2 aliphatic rings. The highest BCUT2D eigenvalue weighted by atomic mass is 16.2. The van der Waals surface area contributed by atoms with E-state index in [1.54, 1.807) is 6.20 Å². The van der Waals surface area contributed by atoms with Crippen LogP contribution in [0.1, 0.15) is 54.7 Å². The molecule has 7 nitrogen and oxygen atoms in total. The highest BCUT2D eigenvalue weighted by Gasteiger charge is 2.46. The fourth-order valence-electron chi connectivity index (χ4n) is 3.96. The van der Waals surface area contributed by atoms with Gasteiger partial charge in [-0.05, 0) is 43.6 Å². The Labute approximate surface area is 147 Å². The van der Waals surface area contributed by atoms with Crippen LogP contribution in [0.5, 0.6) is 0 Å². The molecule has 2 aromatic heterocycles. The summed E-state index contributed by atoms with van der Waals surface area (Å²) >= 11 is 0. The molecule has 0 bridgehead atoms. The Morgan fingerprint density at radius 3 is 2.80 bits per heavy atom. The zero-order chi connectivity index (χ0) is 17.6. The molecule has 3 heterocycles. The second-order valence-corrected chi connectivity index (χ2v) is 7.89. The fourth-order valence-corrected chi connectivity index (χ4v) is 3.96. The maximum absolute atomic E-state index is 13.1. The molecule has 2 fully saturated rings. The molecular formula is C18H26N6O. The van der Waals surface area contributed by atoms with Gasteiger partial charge in [0.2, 0.25) is 0 Å². The summed E-state index contributed by atoms with van der Waals surface area (Å²) < 4.78 is 1.84. The van der Waals surface area contributed by atoms with Crippen molar-refractivity contribution in [2.75, 3.05) is 13.1 Å². The molecule has 25 heavy (non-hydrogen) atoms. The summed E-state index contributed by atoms with van der Waals surface area (Å²) in [6.07, 6.45) is 4.25. The van der Waals surface area contributed by atoms with Gasteiger partial charge in [0.05, 0.1) is 0 Å². The zero-order valence-corrected chi connectivity index (χ0v) is 15.1. The Hall–Kier alpha value is -2.18. The highest BCUT2D eigenvalue weighted by molar-refractivity contribution is 5.92. The summed E-state index contributed by atoms with van der Waals surface area (Å²) in [5, 5.41) is 11.7. The van der Waals surface area contributed by atoms with Crippen molar-refractivity contribution in [3.63, 3.8) is 0 Å². The molecule has 1 saturated carbocycles. The summed E-state index contributed by atoms with van der Waals surface area (Å²) in [5.41, 5.74) is 0.690. The van der Waals surface area contributed by atoms with Crippen molar-refractivity contribution in [1.29, 1.82) is 0 Å². The van der Waals surface area contributed by atoms with Gasteiger partial charge >= 0.3 is 0 Å². The molecule has 0 radical (unpaired) electrons. The summed E-state index contributed by atoms with van der Waals surface area (Å²) in [4.78, 5) is 19.6. The first kappa shape index (κ1) is 16.3. The first-order valence-electron chi connectivity index (χ1n) is 9.23. The summed E-state index contributed by atoms with van der Waals surface area (Å²) in [6.45, 7) is 8.45. The Balaban J connectivity index is 1.55. The minimum absolute atomic E-state index is 0.0820. The summed E-state index contributed by atoms with van der Waals surface area (Å²) in [6, 6.07) is 1.83. The Morgan fingerprint density at radius 2 is 2.16 bits per heavy atom. The third-order valence-corrected chi connectivity index (χ3v) is 5.30.